The molecule has 4 nitrogen and oxygen atoms in total. The second-order valence-corrected chi connectivity index (χ2v) is 4.59. The van der Waals surface area contributed by atoms with Gasteiger partial charge in [0.25, 0.3) is 0 Å². The van der Waals surface area contributed by atoms with Gasteiger partial charge >= 0.3 is 0 Å². The van der Waals surface area contributed by atoms with Crippen LogP contribution in [-0.2, 0) is 9.53 Å². The molecule has 0 saturated heterocycles. The first kappa shape index (κ1) is 15.3. The van der Waals surface area contributed by atoms with Crippen molar-refractivity contribution in [2.75, 3.05) is 20.3 Å². The number of unbranched alkanes of at least 4 members (excludes halogenated alkanes) is 1. The minimum absolute atomic E-state index is 0.0695. The fourth-order valence-electron chi connectivity index (χ4n) is 1.45. The number of nitrogens with one attached hydrogen (secondary N) is 1. The molecule has 0 saturated carbocycles. The molecule has 0 spiro atoms. The van der Waals surface area contributed by atoms with E-state index in [0.717, 1.165) is 19.4 Å². The normalized spacial score (nSPS) is 12.5. The molecule has 0 aromatic rings. The number of methoxy groups -OCH3 is 1. The lowest BCUT2D eigenvalue weighted by Crippen LogP contribution is -2.41. The summed E-state index contributed by atoms with van der Waals surface area (Å²) >= 11 is 4.89. The van der Waals surface area contributed by atoms with Crippen LogP contribution in [0.25, 0.3) is 0 Å². The van der Waals surface area contributed by atoms with Gasteiger partial charge in [-0.1, -0.05) is 26.1 Å². The molecule has 0 rings (SSSR count). The fourth-order valence-corrected chi connectivity index (χ4v) is 1.83. The molecular formula is C11H22N2O2S. The van der Waals surface area contributed by atoms with Crippen molar-refractivity contribution in [3.63, 3.8) is 0 Å². The van der Waals surface area contributed by atoms with Gasteiger partial charge < -0.3 is 15.8 Å². The molecule has 0 aliphatic rings. The van der Waals surface area contributed by atoms with Gasteiger partial charge in [-0.25, -0.2) is 0 Å². The molecule has 0 radical (unpaired) electrons. The lowest BCUT2D eigenvalue weighted by atomic mass is 9.95. The standard InChI is InChI=1S/C11H22N2O2S/c1-8(2)9(10(12)16)11(14)13-6-4-5-7-15-3/h8-9H,4-7H2,1-3H3,(H2,12,16)(H,13,14). The summed E-state index contributed by atoms with van der Waals surface area (Å²) in [6.45, 7) is 5.25. The molecule has 94 valence electrons. The molecule has 1 unspecified atom stereocenters. The Morgan fingerprint density at radius 2 is 2.06 bits per heavy atom. The molecule has 5 heteroatoms. The van der Waals surface area contributed by atoms with Gasteiger partial charge in [-0.05, 0) is 18.8 Å². The van der Waals surface area contributed by atoms with E-state index in [-0.39, 0.29) is 22.7 Å². The maximum atomic E-state index is 11.7. The molecule has 3 N–H and O–H groups in total. The molecule has 1 amide bonds. The number of amides is 1. The van der Waals surface area contributed by atoms with E-state index in [1.165, 1.54) is 0 Å². The highest BCUT2D eigenvalue weighted by Gasteiger charge is 2.24. The molecule has 0 bridgehead atoms. The van der Waals surface area contributed by atoms with Crippen LogP contribution in [0.4, 0.5) is 0 Å². The number of nitrogens with two attached hydrogens (primary N) is 1. The zero-order valence-electron chi connectivity index (χ0n) is 10.3. The Labute approximate surface area is 103 Å². The SMILES string of the molecule is COCCCCNC(=O)C(C(N)=S)C(C)C. The Kier molecular flexibility index (Phi) is 8.11. The van der Waals surface area contributed by atoms with E-state index in [4.69, 9.17) is 22.7 Å². The van der Waals surface area contributed by atoms with Crippen LogP contribution in [0.3, 0.4) is 0 Å². The van der Waals surface area contributed by atoms with Crippen LogP contribution >= 0.6 is 12.2 Å². The van der Waals surface area contributed by atoms with Crippen LogP contribution < -0.4 is 11.1 Å². The maximum Gasteiger partial charge on any atom is 0.230 e. The minimum Gasteiger partial charge on any atom is -0.393 e. The summed E-state index contributed by atoms with van der Waals surface area (Å²) in [6, 6.07) is 0. The molecule has 0 aromatic carbocycles. The van der Waals surface area contributed by atoms with E-state index in [9.17, 15) is 4.79 Å². The van der Waals surface area contributed by atoms with Gasteiger partial charge in [0, 0.05) is 20.3 Å². The van der Waals surface area contributed by atoms with Crippen LogP contribution in [0.2, 0.25) is 0 Å². The Morgan fingerprint density at radius 1 is 1.44 bits per heavy atom. The van der Waals surface area contributed by atoms with E-state index in [0.29, 0.717) is 6.54 Å². The van der Waals surface area contributed by atoms with E-state index in [2.05, 4.69) is 5.32 Å². The van der Waals surface area contributed by atoms with Gasteiger partial charge in [-0.2, -0.15) is 0 Å². The Bertz CT molecular complexity index is 232. The van der Waals surface area contributed by atoms with Crippen LogP contribution in [0.15, 0.2) is 0 Å². The molecule has 0 aliphatic heterocycles. The minimum atomic E-state index is -0.363. The highest BCUT2D eigenvalue weighted by Crippen LogP contribution is 2.11. The molecule has 0 heterocycles. The zero-order valence-corrected chi connectivity index (χ0v) is 11.1. The number of ether oxygens (including phenoxy) is 1. The smallest absolute Gasteiger partial charge is 0.230 e. The monoisotopic (exact) mass is 246 g/mol. The third kappa shape index (κ3) is 6.02. The molecule has 0 aromatic heterocycles. The summed E-state index contributed by atoms with van der Waals surface area (Å²) < 4.78 is 4.92. The third-order valence-corrected chi connectivity index (χ3v) is 2.58. The number of carbonyl (C=O) groups is 1. The van der Waals surface area contributed by atoms with Crippen LogP contribution in [-0.4, -0.2) is 31.2 Å². The van der Waals surface area contributed by atoms with Crippen molar-refractivity contribution in [1.29, 1.82) is 0 Å². The highest BCUT2D eigenvalue weighted by molar-refractivity contribution is 7.80. The summed E-state index contributed by atoms with van der Waals surface area (Å²) in [5, 5.41) is 2.84. The predicted molar refractivity (Wildman–Crippen MR) is 69.2 cm³/mol. The predicted octanol–water partition coefficient (Wildman–Crippen LogP) is 1.09. The van der Waals surface area contributed by atoms with Crippen molar-refractivity contribution in [3.8, 4) is 0 Å². The van der Waals surface area contributed by atoms with Crippen LogP contribution in [0.1, 0.15) is 26.7 Å². The maximum absolute atomic E-state index is 11.7. The van der Waals surface area contributed by atoms with Crippen molar-refractivity contribution in [3.05, 3.63) is 0 Å². The Morgan fingerprint density at radius 3 is 2.50 bits per heavy atom. The average Bonchev–Trinajstić information content (AvgIpc) is 2.16. The Hall–Kier alpha value is -0.680. The Balaban J connectivity index is 3.89. The van der Waals surface area contributed by atoms with Crippen LogP contribution in [0, 0.1) is 11.8 Å². The summed E-state index contributed by atoms with van der Waals surface area (Å²) in [6.07, 6.45) is 1.85. The van der Waals surface area contributed by atoms with Gasteiger partial charge in [0.2, 0.25) is 5.91 Å². The second kappa shape index (κ2) is 8.47. The van der Waals surface area contributed by atoms with Gasteiger partial charge in [-0.3, -0.25) is 4.79 Å². The van der Waals surface area contributed by atoms with Gasteiger partial charge in [0.1, 0.15) is 0 Å². The summed E-state index contributed by atoms with van der Waals surface area (Å²) in [5.41, 5.74) is 5.54. The number of thiocarbonyl (C=S) groups is 1. The molecular weight excluding hydrogens is 224 g/mol. The summed E-state index contributed by atoms with van der Waals surface area (Å²) in [5.74, 6) is -0.297. The van der Waals surface area contributed by atoms with Gasteiger partial charge in [0.15, 0.2) is 0 Å². The van der Waals surface area contributed by atoms with Gasteiger partial charge in [-0.15, -0.1) is 0 Å². The highest BCUT2D eigenvalue weighted by atomic mass is 32.1. The topological polar surface area (TPSA) is 64.3 Å². The zero-order chi connectivity index (χ0) is 12.6. The van der Waals surface area contributed by atoms with E-state index >= 15 is 0 Å². The lowest BCUT2D eigenvalue weighted by molar-refractivity contribution is -0.123. The first-order chi connectivity index (χ1) is 7.50. The summed E-state index contributed by atoms with van der Waals surface area (Å²) in [7, 11) is 1.67. The number of carbonyl (C=O) groups excluding carboxylic acids is 1. The lowest BCUT2D eigenvalue weighted by Gasteiger charge is -2.18. The van der Waals surface area contributed by atoms with Crippen molar-refractivity contribution in [2.45, 2.75) is 26.7 Å². The van der Waals surface area contributed by atoms with Crippen molar-refractivity contribution >= 4 is 23.1 Å². The second-order valence-electron chi connectivity index (χ2n) is 4.11. The summed E-state index contributed by atoms with van der Waals surface area (Å²) in [4.78, 5) is 12.0. The number of hydrogen-bond donors (Lipinski definition) is 2. The van der Waals surface area contributed by atoms with Gasteiger partial charge in [0.05, 0.1) is 10.9 Å². The number of rotatable bonds is 8. The van der Waals surface area contributed by atoms with Crippen molar-refractivity contribution in [1.82, 2.24) is 5.32 Å². The molecule has 1 atom stereocenters. The van der Waals surface area contributed by atoms with E-state index < -0.39 is 0 Å². The molecule has 0 aliphatic carbocycles. The quantitative estimate of drug-likeness (QED) is 0.497. The first-order valence-electron chi connectivity index (χ1n) is 5.56. The largest absolute Gasteiger partial charge is 0.393 e. The van der Waals surface area contributed by atoms with Crippen LogP contribution in [0.5, 0.6) is 0 Å². The van der Waals surface area contributed by atoms with Crippen molar-refractivity contribution in [2.24, 2.45) is 17.6 Å². The van der Waals surface area contributed by atoms with E-state index in [1.807, 2.05) is 13.8 Å². The molecule has 16 heavy (non-hydrogen) atoms. The molecule has 0 fully saturated rings. The van der Waals surface area contributed by atoms with Crippen molar-refractivity contribution < 1.29 is 9.53 Å². The van der Waals surface area contributed by atoms with E-state index in [1.54, 1.807) is 7.11 Å². The first-order valence-corrected chi connectivity index (χ1v) is 5.97. The third-order valence-electron chi connectivity index (χ3n) is 2.33. The average molecular weight is 246 g/mol. The fraction of sp³-hybridized carbons (Fsp3) is 0.818. The number of hydrogen-bond acceptors (Lipinski definition) is 3.